The molecular weight excluding hydrogens is 407 g/mol. The number of halogens is 3. The maximum atomic E-state index is 13.6. The Morgan fingerprint density at radius 2 is 1.97 bits per heavy atom. The lowest BCUT2D eigenvalue weighted by Crippen LogP contribution is -2.41. The average molecular weight is 435 g/mol. The highest BCUT2D eigenvalue weighted by Gasteiger charge is 2.37. The van der Waals surface area contributed by atoms with Crippen LogP contribution in [0.4, 0.5) is 24.8 Å². The summed E-state index contributed by atoms with van der Waals surface area (Å²) in [4.78, 5) is 13.7. The van der Waals surface area contributed by atoms with Gasteiger partial charge in [-0.3, -0.25) is 4.98 Å². The standard InChI is InChI=1S/C22H28F3N5O/c1-21(2,3)17-10-16(6-9-31-17)27-18-11-19(29-20(28-18)22(23,24)25)30-8-5-14-12-26-7-4-15(14)13-30/h4,7,11-12,16-17H,5-6,8-10,13H2,1-3H3,(H,27,28,29). The van der Waals surface area contributed by atoms with Crippen molar-refractivity contribution in [1.29, 1.82) is 0 Å². The number of nitrogens with zero attached hydrogens (tertiary/aromatic N) is 4. The van der Waals surface area contributed by atoms with Crippen molar-refractivity contribution in [1.82, 2.24) is 15.0 Å². The van der Waals surface area contributed by atoms with Gasteiger partial charge in [0.1, 0.15) is 11.6 Å². The van der Waals surface area contributed by atoms with Crippen molar-refractivity contribution in [2.45, 2.75) is 64.9 Å². The number of pyridine rings is 1. The SMILES string of the molecule is CC(C)(C)C1CC(Nc2cc(N3CCc4cnccc4C3)nc(C(F)(F)F)n2)CCO1. The Labute approximate surface area is 180 Å². The van der Waals surface area contributed by atoms with Crippen LogP contribution in [0.15, 0.2) is 24.5 Å². The predicted molar refractivity (Wildman–Crippen MR) is 112 cm³/mol. The summed E-state index contributed by atoms with van der Waals surface area (Å²) < 4.78 is 46.5. The van der Waals surface area contributed by atoms with Gasteiger partial charge in [0, 0.05) is 44.2 Å². The third kappa shape index (κ3) is 5.08. The molecule has 0 aliphatic carbocycles. The first kappa shape index (κ1) is 21.8. The molecule has 1 N–H and O–H groups in total. The number of hydrogen-bond donors (Lipinski definition) is 1. The number of ether oxygens (including phenoxy) is 1. The van der Waals surface area contributed by atoms with E-state index in [0.717, 1.165) is 17.5 Å². The molecule has 0 saturated carbocycles. The molecule has 2 atom stereocenters. The second-order valence-electron chi connectivity index (χ2n) is 9.34. The van der Waals surface area contributed by atoms with Gasteiger partial charge >= 0.3 is 6.18 Å². The molecule has 0 amide bonds. The molecular formula is C22H28F3N5O. The molecule has 2 aliphatic heterocycles. The van der Waals surface area contributed by atoms with E-state index in [1.54, 1.807) is 12.3 Å². The Kier molecular flexibility index (Phi) is 5.81. The fraction of sp³-hybridized carbons (Fsp3) is 0.591. The summed E-state index contributed by atoms with van der Waals surface area (Å²) in [7, 11) is 0. The second-order valence-corrected chi connectivity index (χ2v) is 9.34. The first-order valence-corrected chi connectivity index (χ1v) is 10.6. The van der Waals surface area contributed by atoms with Crippen molar-refractivity contribution in [3.63, 3.8) is 0 Å². The third-order valence-electron chi connectivity index (χ3n) is 5.91. The zero-order valence-electron chi connectivity index (χ0n) is 18.0. The predicted octanol–water partition coefficient (Wildman–Crippen LogP) is 4.46. The van der Waals surface area contributed by atoms with E-state index in [1.807, 2.05) is 17.2 Å². The van der Waals surface area contributed by atoms with Crippen molar-refractivity contribution in [3.8, 4) is 0 Å². The summed E-state index contributed by atoms with van der Waals surface area (Å²) in [5.41, 5.74) is 2.14. The van der Waals surface area contributed by atoms with Crippen molar-refractivity contribution < 1.29 is 17.9 Å². The number of fused-ring (bicyclic) bond motifs is 1. The molecule has 6 nitrogen and oxygen atoms in total. The molecule has 0 spiro atoms. The summed E-state index contributed by atoms with van der Waals surface area (Å²) in [6.07, 6.45) is 1.09. The molecule has 2 unspecified atom stereocenters. The minimum atomic E-state index is -4.62. The van der Waals surface area contributed by atoms with Crippen LogP contribution in [0, 0.1) is 5.41 Å². The largest absolute Gasteiger partial charge is 0.451 e. The maximum absolute atomic E-state index is 13.6. The molecule has 0 aromatic carbocycles. The number of hydrogen-bond acceptors (Lipinski definition) is 6. The van der Waals surface area contributed by atoms with Gasteiger partial charge in [-0.25, -0.2) is 9.97 Å². The van der Waals surface area contributed by atoms with Gasteiger partial charge in [-0.05, 0) is 41.9 Å². The van der Waals surface area contributed by atoms with Crippen LogP contribution in [-0.2, 0) is 23.9 Å². The van der Waals surface area contributed by atoms with Crippen LogP contribution in [0.2, 0.25) is 0 Å². The van der Waals surface area contributed by atoms with Gasteiger partial charge in [0.15, 0.2) is 0 Å². The van der Waals surface area contributed by atoms with Crippen LogP contribution >= 0.6 is 0 Å². The number of aromatic nitrogens is 3. The molecule has 9 heteroatoms. The Hall–Kier alpha value is -2.42. The average Bonchev–Trinajstić information content (AvgIpc) is 2.72. The Balaban J connectivity index is 1.59. The second kappa shape index (κ2) is 8.26. The first-order chi connectivity index (χ1) is 14.6. The highest BCUT2D eigenvalue weighted by molar-refractivity contribution is 5.52. The minimum Gasteiger partial charge on any atom is -0.378 e. The van der Waals surface area contributed by atoms with E-state index in [2.05, 4.69) is 41.0 Å². The van der Waals surface area contributed by atoms with Gasteiger partial charge in [-0.1, -0.05) is 20.8 Å². The molecule has 2 aromatic heterocycles. The van der Waals surface area contributed by atoms with Crippen LogP contribution in [-0.4, -0.2) is 40.2 Å². The summed E-state index contributed by atoms with van der Waals surface area (Å²) in [5, 5.41) is 3.23. The molecule has 31 heavy (non-hydrogen) atoms. The van der Waals surface area contributed by atoms with Crippen molar-refractivity contribution in [2.24, 2.45) is 5.41 Å². The molecule has 4 rings (SSSR count). The lowest BCUT2D eigenvalue weighted by atomic mass is 9.83. The zero-order chi connectivity index (χ0) is 22.2. The Morgan fingerprint density at radius 3 is 2.71 bits per heavy atom. The van der Waals surface area contributed by atoms with Crippen molar-refractivity contribution >= 4 is 11.6 Å². The number of nitrogens with one attached hydrogen (secondary N) is 1. The number of anilines is 2. The first-order valence-electron chi connectivity index (χ1n) is 10.6. The summed E-state index contributed by atoms with van der Waals surface area (Å²) >= 11 is 0. The summed E-state index contributed by atoms with van der Waals surface area (Å²) in [6, 6.07) is 3.53. The van der Waals surface area contributed by atoms with E-state index in [1.165, 1.54) is 0 Å². The Morgan fingerprint density at radius 1 is 1.16 bits per heavy atom. The summed E-state index contributed by atoms with van der Waals surface area (Å²) in [5.74, 6) is -0.628. The molecule has 4 heterocycles. The maximum Gasteiger partial charge on any atom is 0.451 e. The minimum absolute atomic E-state index is 0.00466. The molecule has 0 bridgehead atoms. The molecule has 1 saturated heterocycles. The quantitative estimate of drug-likeness (QED) is 0.768. The number of alkyl halides is 3. The van der Waals surface area contributed by atoms with Crippen molar-refractivity contribution in [2.75, 3.05) is 23.4 Å². The Bertz CT molecular complexity index is 928. The van der Waals surface area contributed by atoms with E-state index >= 15 is 0 Å². The van der Waals surface area contributed by atoms with Gasteiger partial charge in [0.05, 0.1) is 6.10 Å². The van der Waals surface area contributed by atoms with Gasteiger partial charge < -0.3 is 15.0 Å². The van der Waals surface area contributed by atoms with Gasteiger partial charge in [-0.15, -0.1) is 0 Å². The smallest absolute Gasteiger partial charge is 0.378 e. The van der Waals surface area contributed by atoms with Gasteiger partial charge in [0.25, 0.3) is 0 Å². The van der Waals surface area contributed by atoms with Crippen LogP contribution in [0.3, 0.4) is 0 Å². The molecule has 2 aliphatic rings. The van der Waals surface area contributed by atoms with E-state index in [0.29, 0.717) is 32.5 Å². The van der Waals surface area contributed by atoms with Crippen LogP contribution in [0.25, 0.3) is 0 Å². The van der Waals surface area contributed by atoms with E-state index in [-0.39, 0.29) is 29.2 Å². The van der Waals surface area contributed by atoms with Crippen LogP contribution in [0.1, 0.15) is 50.6 Å². The molecule has 0 radical (unpaired) electrons. The lowest BCUT2D eigenvalue weighted by Gasteiger charge is -2.38. The van der Waals surface area contributed by atoms with E-state index in [4.69, 9.17) is 4.74 Å². The number of rotatable bonds is 3. The van der Waals surface area contributed by atoms with Crippen LogP contribution < -0.4 is 10.2 Å². The summed E-state index contributed by atoms with van der Waals surface area (Å²) in [6.45, 7) is 7.96. The topological polar surface area (TPSA) is 63.2 Å². The molecule has 2 aromatic rings. The highest BCUT2D eigenvalue weighted by atomic mass is 19.4. The van der Waals surface area contributed by atoms with Gasteiger partial charge in [-0.2, -0.15) is 13.2 Å². The van der Waals surface area contributed by atoms with Crippen molar-refractivity contribution in [3.05, 3.63) is 41.5 Å². The van der Waals surface area contributed by atoms with E-state index < -0.39 is 12.0 Å². The van der Waals surface area contributed by atoms with Crippen LogP contribution in [0.5, 0.6) is 0 Å². The highest BCUT2D eigenvalue weighted by Crippen LogP contribution is 2.33. The third-order valence-corrected chi connectivity index (χ3v) is 5.91. The fourth-order valence-corrected chi connectivity index (χ4v) is 4.11. The lowest BCUT2D eigenvalue weighted by molar-refractivity contribution is -0.144. The molecule has 1 fully saturated rings. The normalized spacial score (nSPS) is 22.2. The molecule has 168 valence electrons. The van der Waals surface area contributed by atoms with E-state index in [9.17, 15) is 13.2 Å². The fourth-order valence-electron chi connectivity index (χ4n) is 4.11. The van der Waals surface area contributed by atoms with Gasteiger partial charge in [0.2, 0.25) is 5.82 Å². The monoisotopic (exact) mass is 435 g/mol. The zero-order valence-corrected chi connectivity index (χ0v) is 18.0.